The maximum absolute atomic E-state index is 5.87. The first-order valence-corrected chi connectivity index (χ1v) is 8.26. The molecule has 1 fully saturated rings. The molecule has 0 aliphatic heterocycles. The summed E-state index contributed by atoms with van der Waals surface area (Å²) in [4.78, 5) is 8.89. The summed E-state index contributed by atoms with van der Waals surface area (Å²) in [5.41, 5.74) is 9.01. The molecule has 0 bridgehead atoms. The van der Waals surface area contributed by atoms with E-state index in [0.29, 0.717) is 18.4 Å². The number of nitrogens with two attached hydrogens (primary N) is 1. The average molecular weight is 440 g/mol. The lowest BCUT2D eigenvalue weighted by molar-refractivity contribution is 0.326. The number of aryl methyl sites for hydroxylation is 1. The van der Waals surface area contributed by atoms with E-state index in [1.807, 2.05) is 12.1 Å². The molecule has 0 saturated heterocycles. The van der Waals surface area contributed by atoms with Crippen LogP contribution in [-0.2, 0) is 6.42 Å². The van der Waals surface area contributed by atoms with Gasteiger partial charge in [0.05, 0.1) is 5.69 Å². The number of aliphatic imine (C=N–C) groups is 1. The fourth-order valence-corrected chi connectivity index (χ4v) is 2.53. The Morgan fingerprint density at radius 2 is 2.08 bits per heavy atom. The summed E-state index contributed by atoms with van der Waals surface area (Å²) in [5.74, 6) is 1.92. The van der Waals surface area contributed by atoms with E-state index in [1.165, 1.54) is 24.8 Å². The van der Waals surface area contributed by atoms with Crippen LogP contribution in [0.15, 0.2) is 39.9 Å². The summed E-state index contributed by atoms with van der Waals surface area (Å²) in [6, 6.07) is 8.16. The van der Waals surface area contributed by atoms with Crippen molar-refractivity contribution in [2.24, 2.45) is 16.6 Å². The molecule has 0 unspecified atom stereocenters. The standard InChI is InChI=1S/C18H24N4O.HI/c1-13-5-7-15(8-6-13)17-22-16(12-23-17)9-10-20-18(19)21-11-14-3-2-4-14;/h5-8,12,14H,2-4,9-11H2,1H3,(H3,19,20,21);1H. The molecule has 1 aromatic heterocycles. The quantitative estimate of drug-likeness (QED) is 0.410. The van der Waals surface area contributed by atoms with Crippen molar-refractivity contribution in [3.63, 3.8) is 0 Å². The Labute approximate surface area is 160 Å². The van der Waals surface area contributed by atoms with Gasteiger partial charge in [-0.15, -0.1) is 24.0 Å². The van der Waals surface area contributed by atoms with Crippen LogP contribution in [0.2, 0.25) is 0 Å². The van der Waals surface area contributed by atoms with Crippen LogP contribution in [0.1, 0.15) is 30.5 Å². The van der Waals surface area contributed by atoms with Crippen molar-refractivity contribution in [3.05, 3.63) is 41.8 Å². The molecular formula is C18H25IN4O. The van der Waals surface area contributed by atoms with Gasteiger partial charge in [-0.2, -0.15) is 0 Å². The number of aromatic nitrogens is 1. The van der Waals surface area contributed by atoms with Gasteiger partial charge in [0, 0.05) is 25.1 Å². The first-order chi connectivity index (χ1) is 11.2. The minimum atomic E-state index is 0. The third kappa shape index (κ3) is 5.22. The Morgan fingerprint density at radius 1 is 1.33 bits per heavy atom. The van der Waals surface area contributed by atoms with Crippen LogP contribution in [0.4, 0.5) is 0 Å². The monoisotopic (exact) mass is 440 g/mol. The van der Waals surface area contributed by atoms with E-state index in [1.54, 1.807) is 6.26 Å². The van der Waals surface area contributed by atoms with E-state index in [2.05, 4.69) is 34.3 Å². The van der Waals surface area contributed by atoms with Crippen LogP contribution < -0.4 is 11.1 Å². The molecule has 0 amide bonds. The molecule has 0 radical (unpaired) electrons. The summed E-state index contributed by atoms with van der Waals surface area (Å²) in [6.07, 6.45) is 6.38. The molecule has 2 aromatic rings. The second-order valence-electron chi connectivity index (χ2n) is 6.21. The Balaban J connectivity index is 0.00000208. The molecule has 1 aromatic carbocycles. The van der Waals surface area contributed by atoms with Gasteiger partial charge in [0.25, 0.3) is 0 Å². The van der Waals surface area contributed by atoms with Crippen LogP contribution in [0, 0.1) is 12.8 Å². The van der Waals surface area contributed by atoms with Crippen molar-refractivity contribution in [2.75, 3.05) is 13.1 Å². The van der Waals surface area contributed by atoms with Gasteiger partial charge in [-0.25, -0.2) is 4.98 Å². The Morgan fingerprint density at radius 3 is 2.75 bits per heavy atom. The summed E-state index contributed by atoms with van der Waals surface area (Å²) in [7, 11) is 0. The molecule has 130 valence electrons. The number of guanidine groups is 1. The highest BCUT2D eigenvalue weighted by atomic mass is 127. The fourth-order valence-electron chi connectivity index (χ4n) is 2.53. The Kier molecular flexibility index (Phi) is 7.08. The van der Waals surface area contributed by atoms with Gasteiger partial charge < -0.3 is 15.5 Å². The van der Waals surface area contributed by atoms with Gasteiger partial charge >= 0.3 is 0 Å². The Bertz CT molecular complexity index is 662. The minimum Gasteiger partial charge on any atom is -0.444 e. The van der Waals surface area contributed by atoms with Crippen molar-refractivity contribution in [2.45, 2.75) is 32.6 Å². The maximum Gasteiger partial charge on any atom is 0.226 e. The average Bonchev–Trinajstić information content (AvgIpc) is 2.95. The van der Waals surface area contributed by atoms with E-state index in [-0.39, 0.29) is 24.0 Å². The highest BCUT2D eigenvalue weighted by Crippen LogP contribution is 2.26. The van der Waals surface area contributed by atoms with Gasteiger partial charge in [-0.1, -0.05) is 24.1 Å². The van der Waals surface area contributed by atoms with Crippen LogP contribution in [0.5, 0.6) is 0 Å². The first kappa shape index (κ1) is 18.8. The molecule has 3 N–H and O–H groups in total. The maximum atomic E-state index is 5.87. The van der Waals surface area contributed by atoms with E-state index in [9.17, 15) is 0 Å². The molecule has 1 heterocycles. The first-order valence-electron chi connectivity index (χ1n) is 8.26. The van der Waals surface area contributed by atoms with Crippen LogP contribution in [0.3, 0.4) is 0 Å². The number of halogens is 1. The molecular weight excluding hydrogens is 415 g/mol. The number of nitrogens with zero attached hydrogens (tertiary/aromatic N) is 2. The van der Waals surface area contributed by atoms with Gasteiger partial charge in [0.1, 0.15) is 6.26 Å². The van der Waals surface area contributed by atoms with E-state index in [4.69, 9.17) is 10.2 Å². The third-order valence-corrected chi connectivity index (χ3v) is 4.28. The van der Waals surface area contributed by atoms with Crippen molar-refractivity contribution in [1.82, 2.24) is 10.3 Å². The molecule has 24 heavy (non-hydrogen) atoms. The topological polar surface area (TPSA) is 76.4 Å². The molecule has 0 atom stereocenters. The third-order valence-electron chi connectivity index (χ3n) is 4.28. The Hall–Kier alpha value is -1.57. The zero-order chi connectivity index (χ0) is 16.1. The second-order valence-corrected chi connectivity index (χ2v) is 6.21. The number of hydrogen-bond acceptors (Lipinski definition) is 3. The van der Waals surface area contributed by atoms with Crippen LogP contribution >= 0.6 is 24.0 Å². The van der Waals surface area contributed by atoms with Gasteiger partial charge in [-0.3, -0.25) is 4.99 Å². The smallest absolute Gasteiger partial charge is 0.226 e. The van der Waals surface area contributed by atoms with Crippen molar-refractivity contribution < 1.29 is 4.42 Å². The van der Waals surface area contributed by atoms with Crippen molar-refractivity contribution >= 4 is 29.9 Å². The number of oxazole rings is 1. The predicted octanol–water partition coefficient (Wildman–Crippen LogP) is 3.51. The van der Waals surface area contributed by atoms with E-state index < -0.39 is 0 Å². The van der Waals surface area contributed by atoms with Crippen LogP contribution in [-0.4, -0.2) is 24.0 Å². The van der Waals surface area contributed by atoms with E-state index in [0.717, 1.165) is 30.1 Å². The highest BCUT2D eigenvalue weighted by molar-refractivity contribution is 14.0. The lowest BCUT2D eigenvalue weighted by Gasteiger charge is -2.23. The highest BCUT2D eigenvalue weighted by Gasteiger charge is 2.16. The second kappa shape index (κ2) is 9.05. The number of rotatable bonds is 6. The summed E-state index contributed by atoms with van der Waals surface area (Å²) < 4.78 is 5.55. The molecule has 5 nitrogen and oxygen atoms in total. The summed E-state index contributed by atoms with van der Waals surface area (Å²) in [6.45, 7) is 3.62. The zero-order valence-electron chi connectivity index (χ0n) is 14.0. The summed E-state index contributed by atoms with van der Waals surface area (Å²) >= 11 is 0. The minimum absolute atomic E-state index is 0. The normalized spacial score (nSPS) is 14.8. The SMILES string of the molecule is Cc1ccc(-c2nc(CCNC(N)=NCC3CCC3)co2)cc1.I. The predicted molar refractivity (Wildman–Crippen MR) is 108 cm³/mol. The fraction of sp³-hybridized carbons (Fsp3) is 0.444. The van der Waals surface area contributed by atoms with Gasteiger partial charge in [0.2, 0.25) is 5.89 Å². The van der Waals surface area contributed by atoms with Crippen molar-refractivity contribution in [3.8, 4) is 11.5 Å². The lowest BCUT2D eigenvalue weighted by atomic mass is 9.86. The lowest BCUT2D eigenvalue weighted by Crippen LogP contribution is -2.34. The van der Waals surface area contributed by atoms with E-state index >= 15 is 0 Å². The number of benzene rings is 1. The largest absolute Gasteiger partial charge is 0.444 e. The molecule has 1 aliphatic carbocycles. The molecule has 1 aliphatic rings. The zero-order valence-corrected chi connectivity index (χ0v) is 16.3. The molecule has 0 spiro atoms. The van der Waals surface area contributed by atoms with Crippen LogP contribution in [0.25, 0.3) is 11.5 Å². The van der Waals surface area contributed by atoms with Gasteiger partial charge in [-0.05, 0) is 37.8 Å². The number of hydrogen-bond donors (Lipinski definition) is 2. The molecule has 1 saturated carbocycles. The number of nitrogens with one attached hydrogen (secondary N) is 1. The van der Waals surface area contributed by atoms with Gasteiger partial charge in [0.15, 0.2) is 5.96 Å². The molecule has 6 heteroatoms. The summed E-state index contributed by atoms with van der Waals surface area (Å²) in [5, 5.41) is 3.14. The van der Waals surface area contributed by atoms with Crippen molar-refractivity contribution in [1.29, 1.82) is 0 Å². The molecule has 3 rings (SSSR count).